The van der Waals surface area contributed by atoms with Gasteiger partial charge in [0, 0.05) is 41.8 Å². The van der Waals surface area contributed by atoms with Gasteiger partial charge in [-0.05, 0) is 24.1 Å². The number of para-hydroxylation sites is 1. The van der Waals surface area contributed by atoms with Crippen molar-refractivity contribution in [2.45, 2.75) is 44.5 Å². The van der Waals surface area contributed by atoms with E-state index in [2.05, 4.69) is 30.9 Å². The molecule has 2 aromatic heterocycles. The Morgan fingerprint density at radius 2 is 1.59 bits per heavy atom. The van der Waals surface area contributed by atoms with E-state index in [1.807, 2.05) is 54.6 Å². The van der Waals surface area contributed by atoms with Gasteiger partial charge in [-0.15, -0.1) is 0 Å². The average Bonchev–Trinajstić information content (AvgIpc) is 3.65. The number of ether oxygens (including phenoxy) is 2. The number of rotatable bonds is 12. The highest BCUT2D eigenvalue weighted by atomic mass is 16.5. The quantitative estimate of drug-likeness (QED) is 0.165. The molecule has 3 amide bonds. The smallest absolute Gasteiger partial charge is 0.408 e. The van der Waals surface area contributed by atoms with Crippen LogP contribution in [0.4, 0.5) is 4.79 Å². The van der Waals surface area contributed by atoms with E-state index in [0.717, 1.165) is 22.0 Å². The van der Waals surface area contributed by atoms with Gasteiger partial charge in [-0.2, -0.15) is 0 Å². The molecule has 2 aromatic carbocycles. The van der Waals surface area contributed by atoms with E-state index in [9.17, 15) is 19.2 Å². The number of hydrogen-bond acceptors (Lipinski definition) is 7. The van der Waals surface area contributed by atoms with Crippen molar-refractivity contribution in [2.75, 3.05) is 7.11 Å². The van der Waals surface area contributed by atoms with Crippen LogP contribution in [0.25, 0.3) is 10.9 Å². The van der Waals surface area contributed by atoms with Crippen molar-refractivity contribution in [3.63, 3.8) is 0 Å². The fourth-order valence-electron chi connectivity index (χ4n) is 4.28. The van der Waals surface area contributed by atoms with Crippen molar-refractivity contribution in [3.05, 3.63) is 90.1 Å². The van der Waals surface area contributed by atoms with Crippen molar-refractivity contribution in [2.24, 2.45) is 0 Å². The zero-order valence-corrected chi connectivity index (χ0v) is 22.7. The molecule has 0 unspecified atom stereocenters. The number of aromatic nitrogens is 3. The number of nitrogens with one attached hydrogen (secondary N) is 5. The molecule has 3 atom stereocenters. The first kappa shape index (κ1) is 28.9. The Hall–Kier alpha value is -5.13. The molecule has 0 saturated heterocycles. The molecule has 0 saturated carbocycles. The maximum atomic E-state index is 13.6. The van der Waals surface area contributed by atoms with Gasteiger partial charge in [-0.25, -0.2) is 14.6 Å². The van der Waals surface area contributed by atoms with E-state index in [4.69, 9.17) is 9.47 Å². The number of hydrogen-bond donors (Lipinski definition) is 5. The van der Waals surface area contributed by atoms with Gasteiger partial charge < -0.3 is 35.4 Å². The van der Waals surface area contributed by atoms with E-state index in [-0.39, 0.29) is 19.4 Å². The Bertz CT molecular complexity index is 1470. The van der Waals surface area contributed by atoms with E-state index in [1.165, 1.54) is 26.6 Å². The lowest BCUT2D eigenvalue weighted by Gasteiger charge is -2.24. The van der Waals surface area contributed by atoms with Gasteiger partial charge >= 0.3 is 12.1 Å². The van der Waals surface area contributed by atoms with Crippen molar-refractivity contribution >= 4 is 34.8 Å². The monoisotopic (exact) mass is 560 g/mol. The van der Waals surface area contributed by atoms with Gasteiger partial charge in [0.25, 0.3) is 0 Å². The Morgan fingerprint density at radius 3 is 2.32 bits per heavy atom. The number of imidazole rings is 1. The molecule has 12 heteroatoms. The number of amides is 3. The molecule has 4 aromatic rings. The maximum absolute atomic E-state index is 13.6. The molecule has 0 spiro atoms. The van der Waals surface area contributed by atoms with Gasteiger partial charge in [-0.1, -0.05) is 48.5 Å². The van der Waals surface area contributed by atoms with Crippen molar-refractivity contribution in [1.29, 1.82) is 0 Å². The van der Waals surface area contributed by atoms with Crippen molar-refractivity contribution < 1.29 is 28.7 Å². The minimum absolute atomic E-state index is 0.0160. The van der Waals surface area contributed by atoms with E-state index >= 15 is 0 Å². The van der Waals surface area contributed by atoms with Crippen LogP contribution in [0.2, 0.25) is 0 Å². The zero-order valence-electron chi connectivity index (χ0n) is 22.7. The normalized spacial score (nSPS) is 13.0. The number of aromatic amines is 2. The molecule has 2 heterocycles. The number of H-pyrrole nitrogens is 2. The Balaban J connectivity index is 1.52. The zero-order chi connectivity index (χ0) is 29.2. The summed E-state index contributed by atoms with van der Waals surface area (Å²) in [5.74, 6) is -1.84. The van der Waals surface area contributed by atoms with Crippen LogP contribution in [-0.2, 0) is 43.3 Å². The summed E-state index contributed by atoms with van der Waals surface area (Å²) >= 11 is 0. The molecule has 0 fully saturated rings. The summed E-state index contributed by atoms with van der Waals surface area (Å²) in [6.45, 7) is 1.50. The summed E-state index contributed by atoms with van der Waals surface area (Å²) in [7, 11) is 1.22. The van der Waals surface area contributed by atoms with Crippen LogP contribution in [-0.4, -0.2) is 64.1 Å². The first-order valence-electron chi connectivity index (χ1n) is 13.0. The van der Waals surface area contributed by atoms with Crippen molar-refractivity contribution in [1.82, 2.24) is 30.9 Å². The number of methoxy groups -OCH3 is 1. The molecule has 12 nitrogen and oxygen atoms in total. The van der Waals surface area contributed by atoms with Gasteiger partial charge in [0.1, 0.15) is 24.7 Å². The largest absolute Gasteiger partial charge is 0.467 e. The fraction of sp³-hybridized carbons (Fsp3) is 0.276. The lowest BCUT2D eigenvalue weighted by atomic mass is 10.0. The fourth-order valence-corrected chi connectivity index (χ4v) is 4.28. The summed E-state index contributed by atoms with van der Waals surface area (Å²) in [4.78, 5) is 61.5. The first-order valence-corrected chi connectivity index (χ1v) is 13.0. The second kappa shape index (κ2) is 13.8. The van der Waals surface area contributed by atoms with Gasteiger partial charge in [0.15, 0.2) is 0 Å². The molecular formula is C29H32N6O6. The minimum atomic E-state index is -1.10. The van der Waals surface area contributed by atoms with Crippen LogP contribution in [0.15, 0.2) is 73.3 Å². The summed E-state index contributed by atoms with van der Waals surface area (Å²) in [5, 5.41) is 8.83. The summed E-state index contributed by atoms with van der Waals surface area (Å²) in [5.41, 5.74) is 3.03. The highest BCUT2D eigenvalue weighted by molar-refractivity contribution is 5.94. The van der Waals surface area contributed by atoms with Crippen LogP contribution in [0.5, 0.6) is 0 Å². The van der Waals surface area contributed by atoms with Crippen LogP contribution in [0, 0.1) is 0 Å². The maximum Gasteiger partial charge on any atom is 0.408 e. The number of carbonyl (C=O) groups excluding carboxylic acids is 4. The number of fused-ring (bicyclic) bond motifs is 1. The number of alkyl carbamates (subject to hydrolysis) is 1. The van der Waals surface area contributed by atoms with E-state index < -0.39 is 42.0 Å². The highest BCUT2D eigenvalue weighted by Crippen LogP contribution is 2.19. The molecule has 0 aliphatic carbocycles. The number of esters is 1. The minimum Gasteiger partial charge on any atom is -0.467 e. The Kier molecular flexibility index (Phi) is 9.71. The first-order chi connectivity index (χ1) is 19.8. The van der Waals surface area contributed by atoms with Gasteiger partial charge in [-0.3, -0.25) is 9.59 Å². The summed E-state index contributed by atoms with van der Waals surface area (Å²) in [6, 6.07) is 13.6. The second-order valence-corrected chi connectivity index (χ2v) is 9.42. The van der Waals surface area contributed by atoms with Crippen LogP contribution in [0.1, 0.15) is 23.7 Å². The highest BCUT2D eigenvalue weighted by Gasteiger charge is 2.30. The number of carbonyl (C=O) groups is 4. The molecule has 5 N–H and O–H groups in total. The third-order valence-electron chi connectivity index (χ3n) is 6.45. The van der Waals surface area contributed by atoms with Crippen LogP contribution in [0.3, 0.4) is 0 Å². The Morgan fingerprint density at radius 1 is 0.878 bits per heavy atom. The molecule has 0 aliphatic rings. The molecule has 0 bridgehead atoms. The molecule has 0 aliphatic heterocycles. The number of benzene rings is 2. The summed E-state index contributed by atoms with van der Waals surface area (Å²) in [6.07, 6.45) is 4.13. The van der Waals surface area contributed by atoms with Gasteiger partial charge in [0.05, 0.1) is 13.4 Å². The van der Waals surface area contributed by atoms with Crippen LogP contribution < -0.4 is 16.0 Å². The lowest BCUT2D eigenvalue weighted by Crippen LogP contribution is -2.56. The SMILES string of the molecule is COC(=O)[C@H](C)NC(=O)[C@@H](Cc1c[nH]c2ccccc12)NC(=O)[C@H](Cc1cnc[nH]1)NC(=O)OCc1ccccc1. The standard InChI is InChI=1S/C29H32N6O6/c1-18(28(38)40-2)33-26(36)24(12-20-14-31-23-11-7-6-10-22(20)23)34-27(37)25(13-21-15-30-17-32-21)35-29(39)41-16-19-8-4-3-5-9-19/h3-11,14-15,17-18,24-25,31H,12-13,16H2,1-2H3,(H,30,32)(H,33,36)(H,34,37)(H,35,39)/t18-,24+,25-/m0/s1. The third kappa shape index (κ3) is 7.94. The molecule has 0 radical (unpaired) electrons. The van der Waals surface area contributed by atoms with Crippen LogP contribution >= 0.6 is 0 Å². The molecule has 41 heavy (non-hydrogen) atoms. The average molecular weight is 561 g/mol. The molecule has 214 valence electrons. The number of nitrogens with zero attached hydrogens (tertiary/aromatic N) is 1. The van der Waals surface area contributed by atoms with Crippen molar-refractivity contribution in [3.8, 4) is 0 Å². The van der Waals surface area contributed by atoms with E-state index in [1.54, 1.807) is 6.20 Å². The summed E-state index contributed by atoms with van der Waals surface area (Å²) < 4.78 is 10.0. The second-order valence-electron chi connectivity index (χ2n) is 9.42. The van der Waals surface area contributed by atoms with Gasteiger partial charge in [0.2, 0.25) is 11.8 Å². The predicted octanol–water partition coefficient (Wildman–Crippen LogP) is 2.13. The lowest BCUT2D eigenvalue weighted by molar-refractivity contribution is -0.144. The third-order valence-corrected chi connectivity index (χ3v) is 6.45. The molecular weight excluding hydrogens is 528 g/mol. The predicted molar refractivity (Wildman–Crippen MR) is 149 cm³/mol. The Labute approximate surface area is 236 Å². The topological polar surface area (TPSA) is 167 Å². The molecule has 4 rings (SSSR count). The van der Waals surface area contributed by atoms with E-state index in [0.29, 0.717) is 5.69 Å².